The Morgan fingerprint density at radius 1 is 1.47 bits per heavy atom. The van der Waals surface area contributed by atoms with Crippen LogP contribution in [-0.2, 0) is 4.79 Å². The normalized spacial score (nSPS) is 27.2. The fourth-order valence-electron chi connectivity index (χ4n) is 2.86. The first-order chi connectivity index (χ1) is 8.83. The van der Waals surface area contributed by atoms with Crippen molar-refractivity contribution in [2.45, 2.75) is 76.6 Å². The Bertz CT molecular complexity index is 296. The minimum absolute atomic E-state index is 0.237. The lowest BCUT2D eigenvalue weighted by atomic mass is 9.91. The fourth-order valence-corrected chi connectivity index (χ4v) is 4.52. The van der Waals surface area contributed by atoms with Crippen LogP contribution in [0.3, 0.4) is 0 Å². The molecule has 4 heteroatoms. The number of carbonyl (C=O) groups excluding carboxylic acids is 1. The fraction of sp³-hybridized carbons (Fsp3) is 0.933. The molecule has 112 valence electrons. The molecule has 0 bridgehead atoms. The molecule has 0 aliphatic heterocycles. The molecule has 19 heavy (non-hydrogen) atoms. The van der Waals surface area contributed by atoms with Gasteiger partial charge in [-0.3, -0.25) is 4.79 Å². The second kappa shape index (κ2) is 7.53. The van der Waals surface area contributed by atoms with Gasteiger partial charge in [0.25, 0.3) is 0 Å². The number of hydrogen-bond acceptors (Lipinski definition) is 3. The Hall–Kier alpha value is -0.220. The molecule has 1 aliphatic carbocycles. The summed E-state index contributed by atoms with van der Waals surface area (Å²) < 4.78 is 0. The van der Waals surface area contributed by atoms with Gasteiger partial charge in [-0.15, -0.1) is 0 Å². The van der Waals surface area contributed by atoms with Crippen LogP contribution in [0.25, 0.3) is 0 Å². The third kappa shape index (κ3) is 5.74. The number of amides is 1. The lowest BCUT2D eigenvalue weighted by molar-refractivity contribution is -0.124. The largest absolute Gasteiger partial charge is 0.368 e. The van der Waals surface area contributed by atoms with Crippen LogP contribution in [0.4, 0.5) is 0 Å². The zero-order valence-corrected chi connectivity index (χ0v) is 13.7. The molecule has 3 N–H and O–H groups in total. The van der Waals surface area contributed by atoms with Crippen LogP contribution >= 0.6 is 11.8 Å². The van der Waals surface area contributed by atoms with Crippen LogP contribution in [0.2, 0.25) is 0 Å². The van der Waals surface area contributed by atoms with Crippen molar-refractivity contribution in [2.24, 2.45) is 11.7 Å². The summed E-state index contributed by atoms with van der Waals surface area (Å²) in [6.07, 6.45) is 6.21. The minimum Gasteiger partial charge on any atom is -0.368 e. The Morgan fingerprint density at radius 2 is 2.16 bits per heavy atom. The predicted octanol–water partition coefficient (Wildman–Crippen LogP) is 2.93. The highest BCUT2D eigenvalue weighted by atomic mass is 32.2. The van der Waals surface area contributed by atoms with E-state index in [1.807, 2.05) is 18.7 Å². The van der Waals surface area contributed by atoms with E-state index in [2.05, 4.69) is 26.1 Å². The van der Waals surface area contributed by atoms with Gasteiger partial charge in [0, 0.05) is 11.3 Å². The number of nitrogens with one attached hydrogen (secondary N) is 1. The van der Waals surface area contributed by atoms with Crippen LogP contribution in [-0.4, -0.2) is 28.5 Å². The first-order valence-corrected chi connectivity index (χ1v) is 8.57. The molecule has 3 unspecified atom stereocenters. The number of thioether (sulfide) groups is 1. The van der Waals surface area contributed by atoms with Crippen molar-refractivity contribution in [2.75, 3.05) is 5.75 Å². The van der Waals surface area contributed by atoms with Gasteiger partial charge in [-0.25, -0.2) is 0 Å². The summed E-state index contributed by atoms with van der Waals surface area (Å²) in [6.45, 7) is 8.38. The average Bonchev–Trinajstić information content (AvgIpc) is 2.27. The Balaban J connectivity index is 2.37. The molecular formula is C15H30N2OS. The molecule has 1 rings (SSSR count). The quantitative estimate of drug-likeness (QED) is 0.756. The number of hydrogen-bond donors (Lipinski definition) is 2. The van der Waals surface area contributed by atoms with Crippen molar-refractivity contribution in [3.05, 3.63) is 0 Å². The van der Waals surface area contributed by atoms with E-state index in [1.165, 1.54) is 25.7 Å². The molecule has 3 nitrogen and oxygen atoms in total. The van der Waals surface area contributed by atoms with Gasteiger partial charge in [-0.2, -0.15) is 11.8 Å². The lowest BCUT2D eigenvalue weighted by Gasteiger charge is -2.31. The zero-order chi connectivity index (χ0) is 14.5. The molecule has 0 spiro atoms. The maximum Gasteiger partial charge on any atom is 0.237 e. The van der Waals surface area contributed by atoms with Gasteiger partial charge in [0.05, 0.1) is 5.54 Å². The summed E-state index contributed by atoms with van der Waals surface area (Å²) in [5.41, 5.74) is 4.98. The lowest BCUT2D eigenvalue weighted by Crippen LogP contribution is -2.55. The molecule has 1 amide bonds. The van der Waals surface area contributed by atoms with Crippen LogP contribution in [0, 0.1) is 5.92 Å². The van der Waals surface area contributed by atoms with E-state index in [1.54, 1.807) is 0 Å². The minimum atomic E-state index is -0.568. The summed E-state index contributed by atoms with van der Waals surface area (Å²) in [5.74, 6) is 1.64. The van der Waals surface area contributed by atoms with Crippen molar-refractivity contribution in [1.29, 1.82) is 0 Å². The molecular weight excluding hydrogens is 256 g/mol. The second-order valence-corrected chi connectivity index (χ2v) is 7.92. The van der Waals surface area contributed by atoms with E-state index in [0.717, 1.165) is 23.3 Å². The third-order valence-corrected chi connectivity index (χ3v) is 5.33. The maximum absolute atomic E-state index is 11.6. The molecule has 1 saturated carbocycles. The Morgan fingerprint density at radius 3 is 2.68 bits per heavy atom. The number of primary amides is 1. The van der Waals surface area contributed by atoms with Gasteiger partial charge in [0.1, 0.15) is 0 Å². The first-order valence-electron chi connectivity index (χ1n) is 7.52. The molecule has 0 aromatic carbocycles. The first kappa shape index (κ1) is 16.8. The van der Waals surface area contributed by atoms with Gasteiger partial charge in [0.2, 0.25) is 5.91 Å². The Kier molecular flexibility index (Phi) is 6.67. The monoisotopic (exact) mass is 286 g/mol. The molecule has 1 fully saturated rings. The molecule has 0 saturated heterocycles. The second-order valence-electron chi connectivity index (χ2n) is 6.51. The summed E-state index contributed by atoms with van der Waals surface area (Å²) in [7, 11) is 0. The molecule has 0 radical (unpaired) electrons. The summed E-state index contributed by atoms with van der Waals surface area (Å²) in [5, 5.41) is 4.09. The highest BCUT2D eigenvalue weighted by molar-refractivity contribution is 7.99. The van der Waals surface area contributed by atoms with Crippen LogP contribution < -0.4 is 11.1 Å². The topological polar surface area (TPSA) is 55.1 Å². The summed E-state index contributed by atoms with van der Waals surface area (Å²) >= 11 is 2.02. The van der Waals surface area contributed by atoms with Crippen LogP contribution in [0.1, 0.15) is 59.8 Å². The van der Waals surface area contributed by atoms with Crippen LogP contribution in [0.15, 0.2) is 0 Å². The third-order valence-electron chi connectivity index (χ3n) is 3.99. The highest BCUT2D eigenvalue weighted by Crippen LogP contribution is 2.32. The smallest absolute Gasteiger partial charge is 0.237 e. The van der Waals surface area contributed by atoms with Gasteiger partial charge >= 0.3 is 0 Å². The van der Waals surface area contributed by atoms with Crippen LogP contribution in [0.5, 0.6) is 0 Å². The molecule has 0 aromatic heterocycles. The number of nitrogens with two attached hydrogens (primary N) is 1. The van der Waals surface area contributed by atoms with Gasteiger partial charge in [-0.05, 0) is 51.7 Å². The van der Waals surface area contributed by atoms with Crippen molar-refractivity contribution in [1.82, 2.24) is 5.32 Å². The van der Waals surface area contributed by atoms with Gasteiger partial charge < -0.3 is 11.1 Å². The molecule has 0 heterocycles. The van der Waals surface area contributed by atoms with Crippen molar-refractivity contribution in [3.8, 4) is 0 Å². The molecule has 0 aromatic rings. The van der Waals surface area contributed by atoms with E-state index in [9.17, 15) is 4.79 Å². The number of rotatable bonds is 7. The zero-order valence-electron chi connectivity index (χ0n) is 12.9. The summed E-state index contributed by atoms with van der Waals surface area (Å²) in [6, 6.07) is 0.275. The maximum atomic E-state index is 11.6. The number of carbonyl (C=O) groups is 1. The van der Waals surface area contributed by atoms with E-state index in [4.69, 9.17) is 5.73 Å². The van der Waals surface area contributed by atoms with Crippen molar-refractivity contribution < 1.29 is 4.79 Å². The summed E-state index contributed by atoms with van der Waals surface area (Å²) in [4.78, 5) is 11.6. The molecule has 3 atom stereocenters. The SMILES string of the molecule is CC1CCCC(SCCC(C)(NC(C)C)C(N)=O)C1. The van der Waals surface area contributed by atoms with Gasteiger partial charge in [0.15, 0.2) is 0 Å². The highest BCUT2D eigenvalue weighted by Gasteiger charge is 2.31. The van der Waals surface area contributed by atoms with Crippen molar-refractivity contribution >= 4 is 17.7 Å². The van der Waals surface area contributed by atoms with E-state index >= 15 is 0 Å². The predicted molar refractivity (Wildman–Crippen MR) is 84.4 cm³/mol. The van der Waals surface area contributed by atoms with E-state index < -0.39 is 5.54 Å². The van der Waals surface area contributed by atoms with E-state index in [-0.39, 0.29) is 11.9 Å². The Labute approximate surface area is 122 Å². The van der Waals surface area contributed by atoms with Crippen molar-refractivity contribution in [3.63, 3.8) is 0 Å². The average molecular weight is 286 g/mol. The van der Waals surface area contributed by atoms with Gasteiger partial charge in [-0.1, -0.05) is 19.8 Å². The standard InChI is InChI=1S/C15H30N2OS/c1-11(2)17-15(4,14(16)18)8-9-19-13-7-5-6-12(3)10-13/h11-13,17H,5-10H2,1-4H3,(H2,16,18). The van der Waals surface area contributed by atoms with E-state index in [0.29, 0.717) is 0 Å². The molecule has 1 aliphatic rings.